The van der Waals surface area contributed by atoms with Crippen molar-refractivity contribution in [3.63, 3.8) is 0 Å². The summed E-state index contributed by atoms with van der Waals surface area (Å²) in [5.41, 5.74) is 0. The Morgan fingerprint density at radius 1 is 0.500 bits per heavy atom. The Hall–Kier alpha value is 2.87. The Bertz CT molecular complexity index is 3.25. The minimum Gasteiger partial charge on any atom is 0 e. The molecule has 0 aliphatic carbocycles. The average Bonchev–Trinajstić information content (AvgIpc) is 0. The van der Waals surface area contributed by atoms with Crippen LogP contribution in [0.1, 0.15) is 0 Å². The standard InChI is InChI=1S/3Al.Dy.9H. The van der Waals surface area contributed by atoms with E-state index >= 15 is 0 Å². The smallest absolute Gasteiger partial charge is 0 e. The van der Waals surface area contributed by atoms with E-state index in [1.54, 1.807) is 0 Å². The Morgan fingerprint density at radius 2 is 0.500 bits per heavy atom. The van der Waals surface area contributed by atoms with Gasteiger partial charge in [0.15, 0.2) is 52.1 Å². The Labute approximate surface area is 88.5 Å². The number of hydrogen-bond donors (Lipinski definition) is 0. The first-order chi connectivity index (χ1) is 0. The molecule has 0 saturated heterocycles. The van der Waals surface area contributed by atoms with Crippen LogP contribution in [0.15, 0.2) is 0 Å². The molecule has 0 aromatic rings. The van der Waals surface area contributed by atoms with Crippen LogP contribution in [-0.4, -0.2) is 52.1 Å². The van der Waals surface area contributed by atoms with Gasteiger partial charge >= 0.3 is 0 Å². The predicted molar refractivity (Wildman–Crippen MR) is 29.8 cm³/mol. The van der Waals surface area contributed by atoms with Crippen LogP contribution in [-0.2, 0) is 0 Å². The summed E-state index contributed by atoms with van der Waals surface area (Å²) in [7, 11) is 0. The average molecular weight is 253 g/mol. The van der Waals surface area contributed by atoms with Crippen LogP contribution in [0.2, 0.25) is 0 Å². The molecule has 0 bridgehead atoms. The van der Waals surface area contributed by atoms with Gasteiger partial charge in [0.05, 0.1) is 0 Å². The van der Waals surface area contributed by atoms with Crippen LogP contribution in [0.4, 0.5) is 0 Å². The zero-order chi connectivity index (χ0) is 0. The third-order valence-electron chi connectivity index (χ3n) is 0. The summed E-state index contributed by atoms with van der Waals surface area (Å²) >= 11 is 0. The molecule has 4 heavy (non-hydrogen) atoms. The molecular formula is H9Al3Dy. The fourth-order valence-electron chi connectivity index (χ4n) is 0. The largest absolute Gasteiger partial charge is 0.187 e. The fraction of sp³-hybridized carbons (Fsp3) is 0. The number of rotatable bonds is 0. The quantitative estimate of drug-likeness (QED) is 0.392. The molecule has 0 amide bonds. The summed E-state index contributed by atoms with van der Waals surface area (Å²) in [6, 6.07) is 0. The van der Waals surface area contributed by atoms with Gasteiger partial charge in [0, 0.05) is 38.2 Å². The molecule has 0 aromatic heterocycles. The molecule has 0 radical (unpaired) electrons. The van der Waals surface area contributed by atoms with Crippen molar-refractivity contribution in [1.29, 1.82) is 0 Å². The molecule has 0 aliphatic rings. The molecule has 0 unspecified atom stereocenters. The molecule has 0 atom stereocenters. The van der Waals surface area contributed by atoms with Gasteiger partial charge in [-0.05, 0) is 0 Å². The van der Waals surface area contributed by atoms with Crippen molar-refractivity contribution in [2.45, 2.75) is 0 Å². The van der Waals surface area contributed by atoms with E-state index < -0.39 is 0 Å². The molecular weight excluding hydrogens is 243 g/mol. The van der Waals surface area contributed by atoms with Gasteiger partial charge in [-0.1, -0.05) is 0 Å². The Morgan fingerprint density at radius 3 is 0.500 bits per heavy atom. The maximum absolute atomic E-state index is 0. The van der Waals surface area contributed by atoms with E-state index in [0.717, 1.165) is 0 Å². The first-order valence-corrected chi connectivity index (χ1v) is 0. The second-order valence-electron chi connectivity index (χ2n) is 0. The Balaban J connectivity index is 0. The maximum Gasteiger partial charge on any atom is 0.187 e. The van der Waals surface area contributed by atoms with Crippen molar-refractivity contribution >= 4 is 52.1 Å². The molecule has 0 fully saturated rings. The van der Waals surface area contributed by atoms with Gasteiger partial charge in [-0.25, -0.2) is 0 Å². The van der Waals surface area contributed by atoms with Gasteiger partial charge in [-0.3, -0.25) is 0 Å². The minimum absolute atomic E-state index is 0. The molecule has 28 valence electrons. The Kier molecular flexibility index (Phi) is 121. The van der Waals surface area contributed by atoms with E-state index in [-0.39, 0.29) is 90.3 Å². The van der Waals surface area contributed by atoms with E-state index in [2.05, 4.69) is 0 Å². The molecule has 4 heteroatoms. The third kappa shape index (κ3) is 8.85. The molecule has 0 spiro atoms. The SMILES string of the molecule is [AlH3].[AlH3].[AlH3].[Dy]. The van der Waals surface area contributed by atoms with Gasteiger partial charge in [-0.2, -0.15) is 0 Å². The van der Waals surface area contributed by atoms with Crippen molar-refractivity contribution in [1.82, 2.24) is 0 Å². The van der Waals surface area contributed by atoms with Crippen LogP contribution in [0.5, 0.6) is 0 Å². The number of hydrogen-bond acceptors (Lipinski definition) is 0. The van der Waals surface area contributed by atoms with Crippen molar-refractivity contribution < 1.29 is 38.2 Å². The van der Waals surface area contributed by atoms with E-state index in [1.807, 2.05) is 0 Å². The second-order valence-corrected chi connectivity index (χ2v) is 0. The summed E-state index contributed by atoms with van der Waals surface area (Å²) in [6.07, 6.45) is 0. The summed E-state index contributed by atoms with van der Waals surface area (Å²) < 4.78 is 0. The summed E-state index contributed by atoms with van der Waals surface area (Å²) in [6.45, 7) is 0. The first-order valence-electron chi connectivity index (χ1n) is 0. The van der Waals surface area contributed by atoms with Gasteiger partial charge in [0.2, 0.25) is 0 Å². The normalized spacial score (nSPS) is 0. The first kappa shape index (κ1) is 28.7. The molecule has 0 saturated carbocycles. The van der Waals surface area contributed by atoms with Crippen LogP contribution in [0.3, 0.4) is 0 Å². The molecule has 0 aromatic carbocycles. The van der Waals surface area contributed by atoms with Crippen LogP contribution >= 0.6 is 0 Å². The third-order valence-corrected chi connectivity index (χ3v) is 0. The van der Waals surface area contributed by atoms with Crippen LogP contribution < -0.4 is 0 Å². The monoisotopic (exact) mass is 254 g/mol. The summed E-state index contributed by atoms with van der Waals surface area (Å²) in [5.74, 6) is 0. The van der Waals surface area contributed by atoms with Gasteiger partial charge in [-0.15, -0.1) is 0 Å². The van der Waals surface area contributed by atoms with Crippen LogP contribution in [0, 0.1) is 38.2 Å². The summed E-state index contributed by atoms with van der Waals surface area (Å²) in [4.78, 5) is 0. The summed E-state index contributed by atoms with van der Waals surface area (Å²) in [5, 5.41) is 0. The minimum atomic E-state index is 0. The van der Waals surface area contributed by atoms with Crippen LogP contribution in [0.25, 0.3) is 0 Å². The zero-order valence-electron chi connectivity index (χ0n) is 0.316. The topological polar surface area (TPSA) is 0 Å². The van der Waals surface area contributed by atoms with Gasteiger partial charge < -0.3 is 0 Å². The van der Waals surface area contributed by atoms with E-state index in [0.29, 0.717) is 0 Å². The van der Waals surface area contributed by atoms with Crippen molar-refractivity contribution in [3.8, 4) is 0 Å². The van der Waals surface area contributed by atoms with Crippen molar-refractivity contribution in [2.75, 3.05) is 0 Å². The molecule has 0 N–H and O–H groups in total. The van der Waals surface area contributed by atoms with Gasteiger partial charge in [0.25, 0.3) is 0 Å². The second kappa shape index (κ2) is 16.9. The molecule has 0 nitrogen and oxygen atoms in total. The van der Waals surface area contributed by atoms with E-state index in [1.165, 1.54) is 0 Å². The molecule has 0 rings (SSSR count). The van der Waals surface area contributed by atoms with E-state index in [4.69, 9.17) is 0 Å². The fourth-order valence-corrected chi connectivity index (χ4v) is 0. The van der Waals surface area contributed by atoms with E-state index in [9.17, 15) is 0 Å². The predicted octanol–water partition coefficient (Wildman–Crippen LogP) is -3.55. The zero-order valence-corrected chi connectivity index (χ0v) is 2.35. The molecule has 0 aliphatic heterocycles. The molecule has 0 heterocycles. The maximum atomic E-state index is 0. The van der Waals surface area contributed by atoms with Crippen molar-refractivity contribution in [3.05, 3.63) is 0 Å². The van der Waals surface area contributed by atoms with Gasteiger partial charge in [0.1, 0.15) is 0 Å². The van der Waals surface area contributed by atoms with Crippen molar-refractivity contribution in [2.24, 2.45) is 0 Å².